The van der Waals surface area contributed by atoms with Crippen molar-refractivity contribution in [1.82, 2.24) is 0 Å². The molecule has 0 saturated carbocycles. The van der Waals surface area contributed by atoms with Gasteiger partial charge in [0.25, 0.3) is 0 Å². The Kier molecular flexibility index (Phi) is 5.21. The van der Waals surface area contributed by atoms with Gasteiger partial charge in [-0.2, -0.15) is 5.26 Å². The van der Waals surface area contributed by atoms with Crippen LogP contribution in [0.4, 0.5) is 0 Å². The maximum absolute atomic E-state index is 9.24. The first kappa shape index (κ1) is 13.8. The molecule has 0 fully saturated rings. The molecule has 0 heterocycles. The first-order valence-electron chi connectivity index (χ1n) is 5.33. The SMILES string of the molecule is CC(C=N)CC(C)(C#N)C(C)C(C)C=N. The van der Waals surface area contributed by atoms with Crippen molar-refractivity contribution in [3.63, 3.8) is 0 Å². The topological polar surface area (TPSA) is 71.5 Å². The van der Waals surface area contributed by atoms with Crippen LogP contribution in [0.5, 0.6) is 0 Å². The standard InChI is InChI=1S/C12H21N3/c1-9(6-13)5-12(4,8-15)11(3)10(2)7-14/h6-7,9-11,13-14H,5H2,1-4H3. The first-order valence-corrected chi connectivity index (χ1v) is 5.33. The lowest BCUT2D eigenvalue weighted by molar-refractivity contribution is 0.218. The van der Waals surface area contributed by atoms with Gasteiger partial charge in [0.05, 0.1) is 11.5 Å². The van der Waals surface area contributed by atoms with Gasteiger partial charge in [-0.05, 0) is 43.5 Å². The molecule has 4 unspecified atom stereocenters. The summed E-state index contributed by atoms with van der Waals surface area (Å²) in [5.41, 5.74) is -0.450. The molecule has 0 saturated heterocycles. The Hall–Kier alpha value is -1.17. The van der Waals surface area contributed by atoms with Crippen molar-refractivity contribution in [3.05, 3.63) is 0 Å². The summed E-state index contributed by atoms with van der Waals surface area (Å²) in [5.74, 6) is 0.366. The van der Waals surface area contributed by atoms with Gasteiger partial charge >= 0.3 is 0 Å². The molecule has 0 aromatic heterocycles. The monoisotopic (exact) mass is 207 g/mol. The van der Waals surface area contributed by atoms with E-state index in [4.69, 9.17) is 10.8 Å². The molecule has 3 nitrogen and oxygen atoms in total. The van der Waals surface area contributed by atoms with E-state index in [1.165, 1.54) is 12.4 Å². The minimum Gasteiger partial charge on any atom is -0.313 e. The highest BCUT2D eigenvalue weighted by Crippen LogP contribution is 2.37. The number of nitriles is 1. The van der Waals surface area contributed by atoms with Gasteiger partial charge in [0.15, 0.2) is 0 Å². The molecule has 0 amide bonds. The second-order valence-corrected chi connectivity index (χ2v) is 4.69. The normalized spacial score (nSPS) is 20.5. The van der Waals surface area contributed by atoms with Crippen LogP contribution in [-0.2, 0) is 0 Å². The fraction of sp³-hybridized carbons (Fsp3) is 0.750. The molecular formula is C12H21N3. The Balaban J connectivity index is 4.77. The minimum atomic E-state index is -0.450. The molecule has 84 valence electrons. The summed E-state index contributed by atoms with van der Waals surface area (Å²) < 4.78 is 0. The van der Waals surface area contributed by atoms with Gasteiger partial charge in [-0.1, -0.05) is 20.8 Å². The van der Waals surface area contributed by atoms with E-state index in [0.29, 0.717) is 6.42 Å². The van der Waals surface area contributed by atoms with Gasteiger partial charge in [0.2, 0.25) is 0 Å². The lowest BCUT2D eigenvalue weighted by Crippen LogP contribution is -2.31. The van der Waals surface area contributed by atoms with Crippen molar-refractivity contribution < 1.29 is 0 Å². The fourth-order valence-corrected chi connectivity index (χ4v) is 1.79. The average Bonchev–Trinajstić information content (AvgIpc) is 2.26. The molecule has 0 spiro atoms. The van der Waals surface area contributed by atoms with Gasteiger partial charge in [-0.15, -0.1) is 0 Å². The van der Waals surface area contributed by atoms with Crippen molar-refractivity contribution in [2.24, 2.45) is 23.2 Å². The van der Waals surface area contributed by atoms with Crippen LogP contribution in [-0.4, -0.2) is 12.4 Å². The van der Waals surface area contributed by atoms with Crippen LogP contribution >= 0.6 is 0 Å². The Bertz CT molecular complexity index is 267. The molecule has 2 N–H and O–H groups in total. The smallest absolute Gasteiger partial charge is 0.0690 e. The van der Waals surface area contributed by atoms with E-state index in [9.17, 15) is 5.26 Å². The van der Waals surface area contributed by atoms with E-state index < -0.39 is 5.41 Å². The molecule has 15 heavy (non-hydrogen) atoms. The fourth-order valence-electron chi connectivity index (χ4n) is 1.79. The highest BCUT2D eigenvalue weighted by atomic mass is 14.5. The Morgan fingerprint density at radius 3 is 2.13 bits per heavy atom. The van der Waals surface area contributed by atoms with Crippen LogP contribution in [0.2, 0.25) is 0 Å². The number of hydrogen-bond acceptors (Lipinski definition) is 3. The summed E-state index contributed by atoms with van der Waals surface area (Å²) in [5, 5.41) is 23.7. The van der Waals surface area contributed by atoms with E-state index in [1.54, 1.807) is 0 Å². The van der Waals surface area contributed by atoms with Crippen molar-refractivity contribution >= 4 is 12.4 Å². The summed E-state index contributed by atoms with van der Waals surface area (Å²) in [4.78, 5) is 0. The summed E-state index contributed by atoms with van der Waals surface area (Å²) in [6.45, 7) is 7.85. The zero-order valence-electron chi connectivity index (χ0n) is 10.0. The lowest BCUT2D eigenvalue weighted by Gasteiger charge is -2.32. The number of hydrogen-bond donors (Lipinski definition) is 2. The predicted octanol–water partition coefficient (Wildman–Crippen LogP) is 3.11. The summed E-state index contributed by atoms with van der Waals surface area (Å²) in [6.07, 6.45) is 3.47. The van der Waals surface area contributed by atoms with Crippen LogP contribution in [0, 0.1) is 45.3 Å². The van der Waals surface area contributed by atoms with Crippen molar-refractivity contribution in [2.75, 3.05) is 0 Å². The van der Waals surface area contributed by atoms with Gasteiger partial charge in [-0.3, -0.25) is 0 Å². The van der Waals surface area contributed by atoms with Crippen molar-refractivity contribution in [2.45, 2.75) is 34.1 Å². The Labute approximate surface area is 92.5 Å². The molecule has 0 aliphatic heterocycles. The molecule has 4 atom stereocenters. The largest absolute Gasteiger partial charge is 0.313 e. The molecule has 0 radical (unpaired) electrons. The number of rotatable bonds is 6. The molecule has 0 bridgehead atoms. The number of nitrogens with zero attached hydrogens (tertiary/aromatic N) is 1. The van der Waals surface area contributed by atoms with E-state index in [1.807, 2.05) is 27.7 Å². The van der Waals surface area contributed by atoms with E-state index >= 15 is 0 Å². The highest BCUT2D eigenvalue weighted by Gasteiger charge is 2.34. The van der Waals surface area contributed by atoms with Gasteiger partial charge in [0.1, 0.15) is 0 Å². The molecule has 0 aliphatic rings. The van der Waals surface area contributed by atoms with E-state index in [0.717, 1.165) is 0 Å². The zero-order valence-corrected chi connectivity index (χ0v) is 10.0. The van der Waals surface area contributed by atoms with Crippen LogP contribution in [0.1, 0.15) is 34.1 Å². The summed E-state index contributed by atoms with van der Waals surface area (Å²) >= 11 is 0. The number of nitrogens with one attached hydrogen (secondary N) is 2. The predicted molar refractivity (Wildman–Crippen MR) is 63.4 cm³/mol. The van der Waals surface area contributed by atoms with Crippen molar-refractivity contribution in [1.29, 1.82) is 16.1 Å². The van der Waals surface area contributed by atoms with Gasteiger partial charge < -0.3 is 10.8 Å². The maximum atomic E-state index is 9.24. The maximum Gasteiger partial charge on any atom is 0.0690 e. The molecule has 0 aromatic rings. The van der Waals surface area contributed by atoms with Gasteiger partial charge in [-0.25, -0.2) is 0 Å². The second-order valence-electron chi connectivity index (χ2n) is 4.69. The zero-order chi connectivity index (χ0) is 12.1. The molecule has 0 aliphatic carbocycles. The third-order valence-corrected chi connectivity index (χ3v) is 3.34. The third kappa shape index (κ3) is 3.47. The first-order chi connectivity index (χ1) is 6.91. The lowest BCUT2D eigenvalue weighted by atomic mass is 9.69. The molecular weight excluding hydrogens is 186 g/mol. The highest BCUT2D eigenvalue weighted by molar-refractivity contribution is 5.58. The van der Waals surface area contributed by atoms with Gasteiger partial charge in [0, 0.05) is 0 Å². The van der Waals surface area contributed by atoms with Crippen LogP contribution < -0.4 is 0 Å². The minimum absolute atomic E-state index is 0.104. The van der Waals surface area contributed by atoms with Crippen LogP contribution in [0.15, 0.2) is 0 Å². The third-order valence-electron chi connectivity index (χ3n) is 3.34. The molecule has 0 aromatic carbocycles. The van der Waals surface area contributed by atoms with Crippen molar-refractivity contribution in [3.8, 4) is 6.07 Å². The van der Waals surface area contributed by atoms with Crippen LogP contribution in [0.3, 0.4) is 0 Å². The van der Waals surface area contributed by atoms with Crippen LogP contribution in [0.25, 0.3) is 0 Å². The average molecular weight is 207 g/mol. The molecule has 0 rings (SSSR count). The summed E-state index contributed by atoms with van der Waals surface area (Å²) in [6, 6.07) is 2.35. The second kappa shape index (κ2) is 5.65. The van der Waals surface area contributed by atoms with E-state index in [-0.39, 0.29) is 17.8 Å². The van der Waals surface area contributed by atoms with E-state index in [2.05, 4.69) is 6.07 Å². The summed E-state index contributed by atoms with van der Waals surface area (Å²) in [7, 11) is 0. The Morgan fingerprint density at radius 1 is 1.27 bits per heavy atom. The Morgan fingerprint density at radius 2 is 1.80 bits per heavy atom. The molecule has 3 heteroatoms. The quantitative estimate of drug-likeness (QED) is 0.645.